The number of hydrogen-bond acceptors (Lipinski definition) is 4. The number of nitrogens with one attached hydrogen (secondary N) is 1. The molecule has 1 unspecified atom stereocenters. The van der Waals surface area contributed by atoms with Gasteiger partial charge in [-0.3, -0.25) is 9.38 Å². The number of rotatable bonds is 4. The normalized spacial score (nSPS) is 12.9. The largest absolute Gasteiger partial charge is 0.311 e. The molecule has 0 aliphatic rings. The van der Waals surface area contributed by atoms with Crippen LogP contribution >= 0.6 is 43.2 Å². The molecule has 1 atom stereocenters. The maximum absolute atomic E-state index is 4.62. The van der Waals surface area contributed by atoms with Gasteiger partial charge in [-0.25, -0.2) is 4.98 Å². The van der Waals surface area contributed by atoms with E-state index in [9.17, 15) is 0 Å². The summed E-state index contributed by atoms with van der Waals surface area (Å²) in [4.78, 5) is 10.1. The van der Waals surface area contributed by atoms with E-state index in [0.29, 0.717) is 0 Å². The van der Waals surface area contributed by atoms with Crippen molar-refractivity contribution in [1.29, 1.82) is 0 Å². The number of thiazole rings is 1. The molecule has 0 aromatic carbocycles. The summed E-state index contributed by atoms with van der Waals surface area (Å²) in [6, 6.07) is 2.14. The van der Waals surface area contributed by atoms with Crippen LogP contribution in [-0.2, 0) is 6.42 Å². The zero-order valence-electron chi connectivity index (χ0n) is 10.7. The number of imidazole rings is 1. The van der Waals surface area contributed by atoms with Gasteiger partial charge >= 0.3 is 0 Å². The molecule has 0 saturated heterocycles. The summed E-state index contributed by atoms with van der Waals surface area (Å²) in [6.07, 6.45) is 6.72. The highest BCUT2D eigenvalue weighted by Gasteiger charge is 2.17. The van der Waals surface area contributed by atoms with E-state index in [0.717, 1.165) is 31.7 Å². The van der Waals surface area contributed by atoms with Crippen LogP contribution in [-0.4, -0.2) is 21.4 Å². The van der Waals surface area contributed by atoms with Crippen LogP contribution in [0.2, 0.25) is 0 Å². The molecule has 0 aliphatic heterocycles. The lowest BCUT2D eigenvalue weighted by Crippen LogP contribution is -2.20. The minimum atomic E-state index is 0.127. The molecule has 7 heteroatoms. The van der Waals surface area contributed by atoms with E-state index in [2.05, 4.69) is 57.7 Å². The second-order valence-corrected chi connectivity index (χ2v) is 7.03. The van der Waals surface area contributed by atoms with Gasteiger partial charge in [0.25, 0.3) is 0 Å². The lowest BCUT2D eigenvalue weighted by molar-refractivity contribution is 0.567. The summed E-state index contributed by atoms with van der Waals surface area (Å²) in [7, 11) is 1.94. The monoisotopic (exact) mass is 414 g/mol. The summed E-state index contributed by atoms with van der Waals surface area (Å²) in [5.41, 5.74) is 2.06. The van der Waals surface area contributed by atoms with E-state index >= 15 is 0 Å². The van der Waals surface area contributed by atoms with Crippen molar-refractivity contribution < 1.29 is 0 Å². The topological polar surface area (TPSA) is 42.2 Å². The fourth-order valence-corrected chi connectivity index (χ4v) is 4.08. The van der Waals surface area contributed by atoms with Gasteiger partial charge in [-0.05, 0) is 45.0 Å². The molecule has 0 aliphatic carbocycles. The Labute approximate surface area is 137 Å². The maximum Gasteiger partial charge on any atom is 0.193 e. The number of likely N-dealkylation sites (N-methyl/N-ethyl adjacent to an activating group) is 1. The average Bonchev–Trinajstić information content (AvgIpc) is 2.97. The van der Waals surface area contributed by atoms with E-state index in [-0.39, 0.29) is 6.04 Å². The van der Waals surface area contributed by atoms with Crippen LogP contribution < -0.4 is 5.32 Å². The van der Waals surface area contributed by atoms with Crippen LogP contribution in [0.4, 0.5) is 0 Å². The van der Waals surface area contributed by atoms with Gasteiger partial charge in [0, 0.05) is 39.3 Å². The zero-order valence-corrected chi connectivity index (χ0v) is 14.7. The lowest BCUT2D eigenvalue weighted by Gasteiger charge is -2.16. The van der Waals surface area contributed by atoms with Crippen molar-refractivity contribution >= 4 is 48.2 Å². The highest BCUT2D eigenvalue weighted by atomic mass is 79.9. The molecule has 0 saturated carbocycles. The minimum absolute atomic E-state index is 0.127. The predicted octanol–water partition coefficient (Wildman–Crippen LogP) is 3.82. The Morgan fingerprint density at radius 3 is 3.00 bits per heavy atom. The van der Waals surface area contributed by atoms with E-state index in [1.807, 2.05) is 30.9 Å². The SMILES string of the molecule is CNC(Cc1cn2ccsc2n1)c1ncc(Br)cc1Br. The third-order valence-corrected chi connectivity index (χ3v) is 4.91. The van der Waals surface area contributed by atoms with Gasteiger partial charge in [-0.2, -0.15) is 0 Å². The first-order chi connectivity index (χ1) is 9.67. The molecular weight excluding hydrogens is 404 g/mol. The van der Waals surface area contributed by atoms with Crippen molar-refractivity contribution in [3.05, 3.63) is 50.4 Å². The Hall–Kier alpha value is -0.760. The van der Waals surface area contributed by atoms with Crippen molar-refractivity contribution in [2.24, 2.45) is 0 Å². The molecule has 0 amide bonds. The molecule has 3 aromatic heterocycles. The second kappa shape index (κ2) is 5.93. The number of fused-ring (bicyclic) bond motifs is 1. The maximum atomic E-state index is 4.62. The number of hydrogen-bond donors (Lipinski definition) is 1. The predicted molar refractivity (Wildman–Crippen MR) is 88.2 cm³/mol. The van der Waals surface area contributed by atoms with Crippen molar-refractivity contribution in [3.63, 3.8) is 0 Å². The van der Waals surface area contributed by atoms with Crippen LogP contribution in [0.25, 0.3) is 4.96 Å². The molecule has 4 nitrogen and oxygen atoms in total. The first-order valence-electron chi connectivity index (χ1n) is 6.06. The van der Waals surface area contributed by atoms with Gasteiger partial charge in [0.15, 0.2) is 4.96 Å². The van der Waals surface area contributed by atoms with Crippen molar-refractivity contribution in [2.75, 3.05) is 7.05 Å². The molecule has 3 rings (SSSR count). The van der Waals surface area contributed by atoms with E-state index in [1.165, 1.54) is 0 Å². The fraction of sp³-hybridized carbons (Fsp3) is 0.231. The Kier molecular flexibility index (Phi) is 4.21. The molecule has 3 aromatic rings. The quantitative estimate of drug-likeness (QED) is 0.704. The van der Waals surface area contributed by atoms with Gasteiger partial charge in [0.05, 0.1) is 17.4 Å². The number of pyridine rings is 1. The van der Waals surface area contributed by atoms with E-state index < -0.39 is 0 Å². The lowest BCUT2D eigenvalue weighted by atomic mass is 10.1. The molecule has 0 spiro atoms. The van der Waals surface area contributed by atoms with Gasteiger partial charge in [-0.15, -0.1) is 11.3 Å². The van der Waals surface area contributed by atoms with Gasteiger partial charge in [0.2, 0.25) is 0 Å². The number of nitrogens with zero attached hydrogens (tertiary/aromatic N) is 3. The third-order valence-electron chi connectivity index (χ3n) is 3.07. The van der Waals surface area contributed by atoms with Crippen LogP contribution in [0.1, 0.15) is 17.4 Å². The molecule has 104 valence electrons. The highest BCUT2D eigenvalue weighted by Crippen LogP contribution is 2.26. The van der Waals surface area contributed by atoms with Crippen LogP contribution in [0.3, 0.4) is 0 Å². The van der Waals surface area contributed by atoms with Crippen LogP contribution in [0.5, 0.6) is 0 Å². The first-order valence-corrected chi connectivity index (χ1v) is 8.53. The van der Waals surface area contributed by atoms with Crippen molar-refractivity contribution in [1.82, 2.24) is 19.7 Å². The number of halogens is 2. The average molecular weight is 416 g/mol. The summed E-state index contributed by atoms with van der Waals surface area (Å²) in [5.74, 6) is 0. The summed E-state index contributed by atoms with van der Waals surface area (Å²) >= 11 is 8.64. The minimum Gasteiger partial charge on any atom is -0.311 e. The van der Waals surface area contributed by atoms with Gasteiger partial charge < -0.3 is 5.32 Å². The molecule has 0 bridgehead atoms. The van der Waals surface area contributed by atoms with E-state index in [4.69, 9.17) is 0 Å². The molecule has 0 fully saturated rings. The van der Waals surface area contributed by atoms with Crippen LogP contribution in [0, 0.1) is 0 Å². The molecule has 3 heterocycles. The Morgan fingerprint density at radius 1 is 1.45 bits per heavy atom. The van der Waals surface area contributed by atoms with Gasteiger partial charge in [0.1, 0.15) is 0 Å². The molecular formula is C13H12Br2N4S. The third kappa shape index (κ3) is 2.81. The van der Waals surface area contributed by atoms with Crippen LogP contribution in [0.15, 0.2) is 39.0 Å². The number of aromatic nitrogens is 3. The Bertz CT molecular complexity index is 708. The second-order valence-electron chi connectivity index (χ2n) is 4.39. The summed E-state index contributed by atoms with van der Waals surface area (Å²) in [5, 5.41) is 5.35. The molecule has 0 radical (unpaired) electrons. The zero-order chi connectivity index (χ0) is 14.1. The standard InChI is InChI=1S/C13H12Br2N4S/c1-16-11(12-10(15)4-8(14)6-17-12)5-9-7-19-2-3-20-13(19)18-9/h2-4,6-7,11,16H,5H2,1H3. The summed E-state index contributed by atoms with van der Waals surface area (Å²) in [6.45, 7) is 0. The first kappa shape index (κ1) is 14.2. The van der Waals surface area contributed by atoms with Gasteiger partial charge in [-0.1, -0.05) is 0 Å². The van der Waals surface area contributed by atoms with E-state index in [1.54, 1.807) is 11.3 Å². The van der Waals surface area contributed by atoms with Crippen molar-refractivity contribution in [2.45, 2.75) is 12.5 Å². The van der Waals surface area contributed by atoms with Crippen molar-refractivity contribution in [3.8, 4) is 0 Å². The molecule has 1 N–H and O–H groups in total. The molecule has 20 heavy (non-hydrogen) atoms. The Morgan fingerprint density at radius 2 is 2.30 bits per heavy atom. The summed E-state index contributed by atoms with van der Waals surface area (Å²) < 4.78 is 4.01. The highest BCUT2D eigenvalue weighted by molar-refractivity contribution is 9.11. The fourth-order valence-electron chi connectivity index (χ4n) is 2.10. The smallest absolute Gasteiger partial charge is 0.193 e. The Balaban J connectivity index is 1.88.